The smallest absolute Gasteiger partial charge is 0.341 e. The number of anilines is 1. The first-order valence-corrected chi connectivity index (χ1v) is 10.3. The summed E-state index contributed by atoms with van der Waals surface area (Å²) < 4.78 is 13.7. The largest absolute Gasteiger partial charge is 0.493 e. The molecule has 9 heteroatoms. The number of hydrogen-bond acceptors (Lipinski definition) is 7. The van der Waals surface area contributed by atoms with Crippen LogP contribution in [0.25, 0.3) is 11.5 Å². The van der Waals surface area contributed by atoms with Gasteiger partial charge >= 0.3 is 5.97 Å². The molecule has 4 rings (SSSR count). The molecule has 0 aliphatic heterocycles. The number of hydrogen-bond donors (Lipinski definition) is 1. The quantitative estimate of drug-likeness (QED) is 0.388. The maximum Gasteiger partial charge on any atom is 0.341 e. The molecule has 2 atom stereocenters. The molecule has 1 aromatic carbocycles. The maximum atomic E-state index is 12.0. The van der Waals surface area contributed by atoms with Crippen LogP contribution in [0, 0.1) is 9.49 Å². The molecule has 2 heterocycles. The molecule has 3 aromatic rings. The Morgan fingerprint density at radius 3 is 3.00 bits per heavy atom. The van der Waals surface area contributed by atoms with Crippen LogP contribution >= 0.6 is 22.6 Å². The van der Waals surface area contributed by atoms with Gasteiger partial charge in [-0.2, -0.15) is 0 Å². The zero-order valence-electron chi connectivity index (χ0n) is 15.8. The highest BCUT2D eigenvalue weighted by Gasteiger charge is 2.40. The van der Waals surface area contributed by atoms with Crippen LogP contribution in [0.5, 0.6) is 5.75 Å². The van der Waals surface area contributed by atoms with Crippen LogP contribution in [0.15, 0.2) is 42.7 Å². The average molecular weight is 505 g/mol. The molecule has 1 unspecified atom stereocenters. The van der Waals surface area contributed by atoms with Gasteiger partial charge in [0.05, 0.1) is 13.7 Å². The van der Waals surface area contributed by atoms with Gasteiger partial charge < -0.3 is 19.8 Å². The molecular formula is C20H20IN5O3. The first kappa shape index (κ1) is 19.6. The van der Waals surface area contributed by atoms with Crippen LogP contribution in [0.2, 0.25) is 0 Å². The van der Waals surface area contributed by atoms with Crippen molar-refractivity contribution in [1.29, 1.82) is 0 Å². The fourth-order valence-electron chi connectivity index (χ4n) is 3.35. The molecule has 0 radical (unpaired) electrons. The number of halogens is 1. The van der Waals surface area contributed by atoms with Crippen molar-refractivity contribution >= 4 is 34.4 Å². The molecule has 0 saturated heterocycles. The van der Waals surface area contributed by atoms with E-state index in [1.54, 1.807) is 18.5 Å². The van der Waals surface area contributed by atoms with Gasteiger partial charge in [0.15, 0.2) is 5.82 Å². The number of ether oxygens (including phenoxy) is 2. The molecule has 29 heavy (non-hydrogen) atoms. The lowest BCUT2D eigenvalue weighted by molar-refractivity contribution is 0.0595. The Morgan fingerprint density at radius 2 is 2.21 bits per heavy atom. The van der Waals surface area contributed by atoms with Crippen LogP contribution in [0.1, 0.15) is 29.2 Å². The third-order valence-corrected chi connectivity index (χ3v) is 5.58. The zero-order valence-corrected chi connectivity index (χ0v) is 17.9. The van der Waals surface area contributed by atoms with Crippen LogP contribution in [0.4, 0.5) is 5.82 Å². The Hall–Kier alpha value is -2.69. The Morgan fingerprint density at radius 1 is 1.34 bits per heavy atom. The molecule has 0 spiro atoms. The molecule has 2 N–H and O–H groups in total. The van der Waals surface area contributed by atoms with E-state index in [0.29, 0.717) is 41.4 Å². The van der Waals surface area contributed by atoms with Crippen molar-refractivity contribution in [2.24, 2.45) is 5.92 Å². The lowest BCUT2D eigenvalue weighted by Gasteiger charge is -2.11. The van der Waals surface area contributed by atoms with Gasteiger partial charge in [-0.1, -0.05) is 6.07 Å². The average Bonchev–Trinajstić information content (AvgIpc) is 3.31. The summed E-state index contributed by atoms with van der Waals surface area (Å²) >= 11 is 2.16. The second-order valence-electron chi connectivity index (χ2n) is 6.84. The number of esters is 1. The highest BCUT2D eigenvalue weighted by molar-refractivity contribution is 14.1. The summed E-state index contributed by atoms with van der Waals surface area (Å²) in [6.45, 7) is 0.514. The van der Waals surface area contributed by atoms with Crippen LogP contribution in [0.3, 0.4) is 0 Å². The van der Waals surface area contributed by atoms with Crippen LogP contribution in [-0.4, -0.2) is 39.4 Å². The number of benzene rings is 1. The molecule has 0 amide bonds. The number of aromatic nitrogens is 4. The highest BCUT2D eigenvalue weighted by Crippen LogP contribution is 2.47. The van der Waals surface area contributed by atoms with Gasteiger partial charge in [0.2, 0.25) is 0 Å². The number of methoxy groups -OCH3 is 1. The monoisotopic (exact) mass is 505 g/mol. The summed E-state index contributed by atoms with van der Waals surface area (Å²) in [4.78, 5) is 16.3. The van der Waals surface area contributed by atoms with E-state index >= 15 is 0 Å². The summed E-state index contributed by atoms with van der Waals surface area (Å²) in [6.07, 6.45) is 3.62. The summed E-state index contributed by atoms with van der Waals surface area (Å²) in [6, 6.07) is 11.3. The Kier molecular flexibility index (Phi) is 5.65. The standard InChI is InChI=1S/C20H20IN5O3/c1-28-20(27)14-10-13(21)5-6-17(14)29-8-7-12-9-16(12)26-11-23-25-19(26)15-3-2-4-18(22)24-15/h2-6,10-12,16H,7-9H2,1H3,(H2,22,24)/t12-,16?/m1/s1. The molecule has 1 aliphatic carbocycles. The molecule has 2 aromatic heterocycles. The summed E-state index contributed by atoms with van der Waals surface area (Å²) in [5.41, 5.74) is 6.95. The number of pyridine rings is 1. The highest BCUT2D eigenvalue weighted by atomic mass is 127. The van der Waals surface area contributed by atoms with Crippen LogP contribution < -0.4 is 10.5 Å². The van der Waals surface area contributed by atoms with Gasteiger partial charge in [-0.05, 0) is 71.7 Å². The molecule has 1 saturated carbocycles. The second kappa shape index (κ2) is 8.36. The zero-order chi connectivity index (χ0) is 20.4. The van der Waals surface area contributed by atoms with Crippen molar-refractivity contribution in [3.05, 3.63) is 51.9 Å². The number of carbonyl (C=O) groups excluding carboxylic acids is 1. The molecule has 8 nitrogen and oxygen atoms in total. The number of nitrogens with two attached hydrogens (primary N) is 1. The van der Waals surface area contributed by atoms with Crippen LogP contribution in [-0.2, 0) is 4.74 Å². The number of nitrogen functional groups attached to an aromatic ring is 1. The van der Waals surface area contributed by atoms with E-state index in [2.05, 4.69) is 42.3 Å². The van der Waals surface area contributed by atoms with Crippen molar-refractivity contribution in [2.75, 3.05) is 19.5 Å². The topological polar surface area (TPSA) is 105 Å². The van der Waals surface area contributed by atoms with E-state index in [-0.39, 0.29) is 0 Å². The first-order valence-electron chi connectivity index (χ1n) is 9.20. The first-order chi connectivity index (χ1) is 14.1. The van der Waals surface area contributed by atoms with Gasteiger partial charge in [0.25, 0.3) is 0 Å². The molecule has 1 fully saturated rings. The molecule has 0 bridgehead atoms. The van der Waals surface area contributed by atoms with E-state index in [4.69, 9.17) is 15.2 Å². The van der Waals surface area contributed by atoms with Crippen molar-refractivity contribution < 1.29 is 14.3 Å². The van der Waals surface area contributed by atoms with Gasteiger partial charge in [0, 0.05) is 9.61 Å². The third-order valence-electron chi connectivity index (χ3n) is 4.91. The SMILES string of the molecule is COC(=O)c1cc(I)ccc1OCC[C@@H]1CC1n1cnnc1-c1cccc(N)n1. The molecule has 150 valence electrons. The predicted octanol–water partition coefficient (Wildman–Crippen LogP) is 3.34. The normalized spacial score (nSPS) is 17.7. The van der Waals surface area contributed by atoms with E-state index in [1.165, 1.54) is 7.11 Å². The van der Waals surface area contributed by atoms with E-state index in [0.717, 1.165) is 22.2 Å². The summed E-state index contributed by atoms with van der Waals surface area (Å²) in [7, 11) is 1.37. The maximum absolute atomic E-state index is 12.0. The fraction of sp³-hybridized carbons (Fsp3) is 0.300. The second-order valence-corrected chi connectivity index (χ2v) is 8.09. The van der Waals surface area contributed by atoms with Crippen molar-refractivity contribution in [3.63, 3.8) is 0 Å². The number of carbonyl (C=O) groups is 1. The molecule has 1 aliphatic rings. The van der Waals surface area contributed by atoms with Crippen molar-refractivity contribution in [3.8, 4) is 17.3 Å². The van der Waals surface area contributed by atoms with Gasteiger partial charge in [-0.15, -0.1) is 10.2 Å². The predicted molar refractivity (Wildman–Crippen MR) is 115 cm³/mol. The third kappa shape index (κ3) is 4.34. The van der Waals surface area contributed by atoms with Gasteiger partial charge in [0.1, 0.15) is 29.2 Å². The Bertz CT molecular complexity index is 1040. The van der Waals surface area contributed by atoms with E-state index in [1.807, 2.05) is 24.3 Å². The van der Waals surface area contributed by atoms with Crippen molar-refractivity contribution in [1.82, 2.24) is 19.7 Å². The van der Waals surface area contributed by atoms with Crippen molar-refractivity contribution in [2.45, 2.75) is 18.9 Å². The minimum absolute atomic E-state index is 0.309. The summed E-state index contributed by atoms with van der Waals surface area (Å²) in [5.74, 6) is 1.78. The summed E-state index contributed by atoms with van der Waals surface area (Å²) in [5, 5.41) is 8.26. The fourth-order valence-corrected chi connectivity index (χ4v) is 3.84. The minimum Gasteiger partial charge on any atom is -0.493 e. The van der Waals surface area contributed by atoms with Gasteiger partial charge in [-0.3, -0.25) is 0 Å². The van der Waals surface area contributed by atoms with Gasteiger partial charge in [-0.25, -0.2) is 9.78 Å². The lowest BCUT2D eigenvalue weighted by atomic mass is 10.2. The Balaban J connectivity index is 1.38. The van der Waals surface area contributed by atoms with E-state index < -0.39 is 5.97 Å². The van der Waals surface area contributed by atoms with E-state index in [9.17, 15) is 4.79 Å². The number of nitrogens with zero attached hydrogens (tertiary/aromatic N) is 4. The molecular weight excluding hydrogens is 485 g/mol. The minimum atomic E-state index is -0.397. The lowest BCUT2D eigenvalue weighted by Crippen LogP contribution is -2.08. The Labute approximate surface area is 181 Å². The number of rotatable bonds is 7.